The molecular formula is C13H17BNOSY-. The van der Waals surface area contributed by atoms with Gasteiger partial charge in [0.1, 0.15) is 0 Å². The van der Waals surface area contributed by atoms with Crippen LogP contribution in [-0.4, -0.2) is 31.1 Å². The van der Waals surface area contributed by atoms with E-state index in [-0.39, 0.29) is 52.1 Å². The van der Waals surface area contributed by atoms with Gasteiger partial charge in [-0.15, -0.1) is 11.3 Å². The Kier molecular flexibility index (Phi) is 9.10. The molecule has 1 aliphatic rings. The Morgan fingerprint density at radius 2 is 2.33 bits per heavy atom. The van der Waals surface area contributed by atoms with Crippen molar-refractivity contribution >= 4 is 25.1 Å². The van der Waals surface area contributed by atoms with Gasteiger partial charge in [0.15, 0.2) is 0 Å². The van der Waals surface area contributed by atoms with Crippen LogP contribution in [0, 0.1) is 7.43 Å². The van der Waals surface area contributed by atoms with Crippen molar-refractivity contribution in [2.24, 2.45) is 0 Å². The van der Waals surface area contributed by atoms with Crippen LogP contribution in [0.15, 0.2) is 29.7 Å². The topological polar surface area (TPSA) is 20.3 Å². The molecule has 1 saturated heterocycles. The zero-order valence-corrected chi connectivity index (χ0v) is 14.4. The number of allylic oxidation sites excluding steroid dienone is 1. The van der Waals surface area contributed by atoms with Gasteiger partial charge in [-0.2, -0.15) is 0 Å². The number of nitrogens with zero attached hydrogens (tertiary/aromatic N) is 1. The molecule has 5 heteroatoms. The van der Waals surface area contributed by atoms with E-state index in [1.807, 2.05) is 0 Å². The number of rotatable bonds is 4. The standard InChI is InChI=1S/C12H14BNOS.CH3.Y/c13-9-14-10(6-7-12(14)15)3-1-4-11-5-2-8-16-11;;/h1-3,5,8,10H,4,6-7,9H2;1H3;/q;-1;. The van der Waals surface area contributed by atoms with E-state index in [0.717, 1.165) is 12.8 Å². The van der Waals surface area contributed by atoms with Gasteiger partial charge in [-0.1, -0.05) is 18.2 Å². The molecule has 0 N–H and O–H groups in total. The van der Waals surface area contributed by atoms with Crippen molar-refractivity contribution in [1.82, 2.24) is 4.90 Å². The quantitative estimate of drug-likeness (QED) is 0.470. The molecule has 0 aliphatic carbocycles. The van der Waals surface area contributed by atoms with Crippen LogP contribution >= 0.6 is 11.3 Å². The van der Waals surface area contributed by atoms with Gasteiger partial charge < -0.3 is 12.3 Å². The van der Waals surface area contributed by atoms with Gasteiger partial charge in [-0.05, 0) is 30.7 Å². The second kappa shape index (κ2) is 9.06. The van der Waals surface area contributed by atoms with Crippen molar-refractivity contribution in [1.29, 1.82) is 0 Å². The number of hydrogen-bond acceptors (Lipinski definition) is 2. The van der Waals surface area contributed by atoms with Gasteiger partial charge in [0, 0.05) is 50.0 Å². The Bertz CT molecular complexity index is 380. The minimum atomic E-state index is 0. The number of likely N-dealkylation sites (tertiary alicyclic amines) is 1. The van der Waals surface area contributed by atoms with Crippen molar-refractivity contribution in [3.63, 3.8) is 0 Å². The molecule has 1 aromatic heterocycles. The van der Waals surface area contributed by atoms with Gasteiger partial charge >= 0.3 is 0 Å². The van der Waals surface area contributed by atoms with Crippen molar-refractivity contribution in [3.8, 4) is 0 Å². The average molecular weight is 335 g/mol. The fraction of sp³-hybridized carbons (Fsp3) is 0.385. The predicted molar refractivity (Wildman–Crippen MR) is 74.1 cm³/mol. The fourth-order valence-corrected chi connectivity index (χ4v) is 2.64. The van der Waals surface area contributed by atoms with Gasteiger partial charge in [-0.3, -0.25) is 4.79 Å². The minimum absolute atomic E-state index is 0. The first-order valence-corrected chi connectivity index (χ1v) is 6.38. The number of thiophene rings is 1. The summed E-state index contributed by atoms with van der Waals surface area (Å²) in [5.41, 5.74) is 0. The van der Waals surface area contributed by atoms with Crippen LogP contribution in [0.5, 0.6) is 0 Å². The van der Waals surface area contributed by atoms with Gasteiger partial charge in [-0.25, -0.2) is 0 Å². The monoisotopic (exact) mass is 335 g/mol. The summed E-state index contributed by atoms with van der Waals surface area (Å²) >= 11 is 1.76. The van der Waals surface area contributed by atoms with E-state index in [9.17, 15) is 4.79 Å². The van der Waals surface area contributed by atoms with E-state index in [4.69, 9.17) is 7.85 Å². The molecular weight excluding hydrogens is 318 g/mol. The van der Waals surface area contributed by atoms with Crippen LogP contribution in [0.2, 0.25) is 0 Å². The maximum Gasteiger partial charge on any atom is 0.222 e. The van der Waals surface area contributed by atoms with Gasteiger partial charge in [0.25, 0.3) is 0 Å². The molecule has 2 nitrogen and oxygen atoms in total. The SMILES string of the molecule is [B]CN1C(=O)CCC1C=CCc1cccs1.[CH3-].[Y]. The molecule has 2 heterocycles. The molecule has 1 aromatic rings. The fourth-order valence-electron chi connectivity index (χ4n) is 1.96. The van der Waals surface area contributed by atoms with Crippen molar-refractivity contribution in [2.75, 3.05) is 6.44 Å². The first kappa shape index (κ1) is 18.1. The first-order valence-electron chi connectivity index (χ1n) is 5.50. The second-order valence-electron chi connectivity index (χ2n) is 3.86. The summed E-state index contributed by atoms with van der Waals surface area (Å²) in [6, 6.07) is 4.38. The molecule has 93 valence electrons. The Morgan fingerprint density at radius 3 is 2.94 bits per heavy atom. The summed E-state index contributed by atoms with van der Waals surface area (Å²) in [6.07, 6.45) is 7.05. The molecule has 2 rings (SSSR count). The van der Waals surface area contributed by atoms with Crippen LogP contribution in [-0.2, 0) is 43.9 Å². The molecule has 0 saturated carbocycles. The zero-order chi connectivity index (χ0) is 11.4. The Labute approximate surface area is 140 Å². The molecule has 1 unspecified atom stereocenters. The molecule has 1 amide bonds. The van der Waals surface area contributed by atoms with Crippen molar-refractivity contribution in [2.45, 2.75) is 25.3 Å². The van der Waals surface area contributed by atoms with E-state index in [0.29, 0.717) is 12.9 Å². The van der Waals surface area contributed by atoms with Crippen molar-refractivity contribution in [3.05, 3.63) is 42.0 Å². The van der Waals surface area contributed by atoms with E-state index in [2.05, 4.69) is 29.7 Å². The average Bonchev–Trinajstić information content (AvgIpc) is 2.89. The third-order valence-electron chi connectivity index (χ3n) is 2.83. The number of carbonyl (C=O) groups is 1. The Morgan fingerprint density at radius 1 is 1.56 bits per heavy atom. The molecule has 1 atom stereocenters. The molecule has 18 heavy (non-hydrogen) atoms. The molecule has 1 aliphatic heterocycles. The van der Waals surface area contributed by atoms with Gasteiger partial charge in [0.05, 0.1) is 7.85 Å². The summed E-state index contributed by atoms with van der Waals surface area (Å²) in [7, 11) is 5.55. The maximum absolute atomic E-state index is 11.4. The van der Waals surface area contributed by atoms with Crippen LogP contribution in [0.1, 0.15) is 17.7 Å². The van der Waals surface area contributed by atoms with E-state index < -0.39 is 0 Å². The smallest absolute Gasteiger partial charge is 0.222 e. The first-order chi connectivity index (χ1) is 7.81. The number of amides is 1. The summed E-state index contributed by atoms with van der Waals surface area (Å²) in [4.78, 5) is 14.5. The minimum Gasteiger partial charge on any atom is -0.358 e. The number of carbonyl (C=O) groups excluding carboxylic acids is 1. The van der Waals surface area contributed by atoms with E-state index in [1.165, 1.54) is 4.88 Å². The molecule has 0 spiro atoms. The third-order valence-corrected chi connectivity index (χ3v) is 3.73. The second-order valence-corrected chi connectivity index (χ2v) is 4.90. The molecule has 1 fully saturated rings. The summed E-state index contributed by atoms with van der Waals surface area (Å²) in [5, 5.41) is 2.08. The predicted octanol–water partition coefficient (Wildman–Crippen LogP) is 2.41. The molecule has 0 bridgehead atoms. The largest absolute Gasteiger partial charge is 0.358 e. The Balaban J connectivity index is 0.00000144. The van der Waals surface area contributed by atoms with Crippen LogP contribution in [0.25, 0.3) is 0 Å². The van der Waals surface area contributed by atoms with E-state index in [1.54, 1.807) is 16.2 Å². The van der Waals surface area contributed by atoms with Crippen molar-refractivity contribution < 1.29 is 37.5 Å². The van der Waals surface area contributed by atoms with E-state index >= 15 is 0 Å². The van der Waals surface area contributed by atoms with Crippen LogP contribution < -0.4 is 0 Å². The van der Waals surface area contributed by atoms with Crippen LogP contribution in [0.3, 0.4) is 0 Å². The summed E-state index contributed by atoms with van der Waals surface area (Å²) in [6.45, 7) is 0. The summed E-state index contributed by atoms with van der Waals surface area (Å²) in [5.74, 6) is 0.174. The number of hydrogen-bond donors (Lipinski definition) is 0. The maximum atomic E-state index is 11.4. The Hall–Kier alpha value is 0.0788. The third kappa shape index (κ3) is 4.64. The normalized spacial score (nSPS) is 18.8. The van der Waals surface area contributed by atoms with Crippen LogP contribution in [0.4, 0.5) is 0 Å². The molecule has 0 aromatic carbocycles. The molecule has 3 radical (unpaired) electrons. The summed E-state index contributed by atoms with van der Waals surface area (Å²) < 4.78 is 0. The zero-order valence-electron chi connectivity index (χ0n) is 10.7. The van der Waals surface area contributed by atoms with Gasteiger partial charge in [0.2, 0.25) is 5.91 Å².